The van der Waals surface area contributed by atoms with Crippen LogP contribution < -0.4 is 29.6 Å². The first-order valence-electron chi connectivity index (χ1n) is 15.3. The molecule has 0 saturated heterocycles. The third kappa shape index (κ3) is 32.6. The van der Waals surface area contributed by atoms with Crippen LogP contribution in [0.15, 0.2) is 12.2 Å². The average Bonchev–Trinajstić information content (AvgIpc) is 2.82. The fourth-order valence-electron chi connectivity index (χ4n) is 4.69. The zero-order valence-corrected chi connectivity index (χ0v) is 27.3. The number of hydrogen-bond acceptors (Lipinski definition) is 4. The van der Waals surface area contributed by atoms with E-state index in [-0.39, 0.29) is 42.1 Å². The summed E-state index contributed by atoms with van der Waals surface area (Å²) in [7, 11) is -4.61. The molecule has 0 radical (unpaired) electrons. The van der Waals surface area contributed by atoms with Gasteiger partial charge in [-0.05, 0) is 19.3 Å². The smallest absolute Gasteiger partial charge is 0.726 e. The molecule has 0 fully saturated rings. The molecule has 4 nitrogen and oxygen atoms in total. The van der Waals surface area contributed by atoms with E-state index in [1.54, 1.807) is 0 Å². The summed E-state index contributed by atoms with van der Waals surface area (Å²) >= 11 is 0. The molecule has 36 heavy (non-hydrogen) atoms. The summed E-state index contributed by atoms with van der Waals surface area (Å²) in [5.74, 6) is 0.0185. The SMILES string of the molecule is CCCCCCCCCCCC/C=C/C(CCCCCCCCCCCCCC)COS(=O)(=O)[O-].[Na+]. The summed E-state index contributed by atoms with van der Waals surface area (Å²) in [5, 5.41) is 0. The van der Waals surface area contributed by atoms with E-state index in [1.807, 2.05) is 0 Å². The van der Waals surface area contributed by atoms with Crippen molar-refractivity contribution in [3.8, 4) is 0 Å². The Hall–Kier alpha value is 0.610. The summed E-state index contributed by atoms with van der Waals surface area (Å²) in [5.41, 5.74) is 0. The summed E-state index contributed by atoms with van der Waals surface area (Å²) in [6.45, 7) is 4.50. The van der Waals surface area contributed by atoms with Crippen molar-refractivity contribution in [3.63, 3.8) is 0 Å². The summed E-state index contributed by atoms with van der Waals surface area (Å²) in [6.07, 6.45) is 35.1. The van der Waals surface area contributed by atoms with Crippen molar-refractivity contribution in [3.05, 3.63) is 12.2 Å². The molecule has 0 aromatic rings. The second-order valence-corrected chi connectivity index (χ2v) is 11.6. The molecule has 0 aliphatic carbocycles. The van der Waals surface area contributed by atoms with Gasteiger partial charge in [-0.1, -0.05) is 161 Å². The van der Waals surface area contributed by atoms with Crippen molar-refractivity contribution in [1.82, 2.24) is 0 Å². The summed E-state index contributed by atoms with van der Waals surface area (Å²) < 4.78 is 37.2. The Balaban J connectivity index is 0. The van der Waals surface area contributed by atoms with Gasteiger partial charge in [0.05, 0.1) is 6.61 Å². The molecule has 210 valence electrons. The average molecular weight is 539 g/mol. The molecule has 0 rings (SSSR count). The van der Waals surface area contributed by atoms with Crippen molar-refractivity contribution in [2.45, 2.75) is 168 Å². The first-order valence-corrected chi connectivity index (χ1v) is 16.6. The van der Waals surface area contributed by atoms with E-state index < -0.39 is 10.4 Å². The number of hydrogen-bond donors (Lipinski definition) is 0. The van der Waals surface area contributed by atoms with Crippen LogP contribution >= 0.6 is 0 Å². The zero-order valence-electron chi connectivity index (χ0n) is 24.5. The van der Waals surface area contributed by atoms with Crippen molar-refractivity contribution in [2.75, 3.05) is 6.61 Å². The third-order valence-electron chi connectivity index (χ3n) is 6.99. The van der Waals surface area contributed by atoms with E-state index in [0.29, 0.717) is 0 Å². The Morgan fingerprint density at radius 3 is 1.36 bits per heavy atom. The molecule has 6 heteroatoms. The van der Waals surface area contributed by atoms with Gasteiger partial charge in [-0.15, -0.1) is 0 Å². The topological polar surface area (TPSA) is 66.4 Å². The monoisotopic (exact) mass is 538 g/mol. The zero-order chi connectivity index (χ0) is 25.9. The van der Waals surface area contributed by atoms with Gasteiger partial charge in [0.1, 0.15) is 0 Å². The molecular formula is C30H59NaO4S. The minimum atomic E-state index is -4.61. The molecule has 0 heterocycles. The second kappa shape index (κ2) is 30.2. The van der Waals surface area contributed by atoms with Gasteiger partial charge in [-0.3, -0.25) is 4.18 Å². The maximum absolute atomic E-state index is 10.9. The van der Waals surface area contributed by atoms with Gasteiger partial charge in [0.2, 0.25) is 10.4 Å². The fraction of sp³-hybridized carbons (Fsp3) is 0.933. The van der Waals surface area contributed by atoms with Gasteiger partial charge in [0.15, 0.2) is 0 Å². The van der Waals surface area contributed by atoms with Gasteiger partial charge >= 0.3 is 29.6 Å². The predicted molar refractivity (Wildman–Crippen MR) is 150 cm³/mol. The molecule has 0 aromatic heterocycles. The third-order valence-corrected chi connectivity index (χ3v) is 7.41. The summed E-state index contributed by atoms with van der Waals surface area (Å²) in [6, 6.07) is 0. The first kappa shape index (κ1) is 38.8. The van der Waals surface area contributed by atoms with Gasteiger partial charge in [0.25, 0.3) is 0 Å². The fourth-order valence-corrected chi connectivity index (χ4v) is 5.03. The maximum atomic E-state index is 10.9. The van der Waals surface area contributed by atoms with Crippen LogP contribution in [0.4, 0.5) is 0 Å². The molecule has 0 aliphatic heterocycles. The van der Waals surface area contributed by atoms with Crippen LogP contribution in [0.25, 0.3) is 0 Å². The van der Waals surface area contributed by atoms with Crippen LogP contribution in [0.2, 0.25) is 0 Å². The first-order chi connectivity index (χ1) is 17.0. The molecule has 0 spiro atoms. The minimum Gasteiger partial charge on any atom is -0.726 e. The Kier molecular flexibility index (Phi) is 32.5. The standard InChI is InChI=1S/C30H60O4S.Na/c1-3-5-7-9-11-13-15-17-19-21-23-25-27-30(29-34-35(31,32)33)28-26-24-22-20-18-16-14-12-10-8-6-4-2;/h25,27,30H,3-24,26,28-29H2,1-2H3,(H,31,32,33);/q;+1/p-1/b27-25+;. The van der Waals surface area contributed by atoms with E-state index >= 15 is 0 Å². The van der Waals surface area contributed by atoms with Gasteiger partial charge in [0, 0.05) is 5.92 Å². The van der Waals surface area contributed by atoms with Crippen molar-refractivity contribution in [2.24, 2.45) is 5.92 Å². The van der Waals surface area contributed by atoms with E-state index in [0.717, 1.165) is 19.3 Å². The van der Waals surface area contributed by atoms with E-state index in [9.17, 15) is 13.0 Å². The molecule has 0 N–H and O–H groups in total. The largest absolute Gasteiger partial charge is 1.00 e. The maximum Gasteiger partial charge on any atom is 1.00 e. The molecule has 1 atom stereocenters. The van der Waals surface area contributed by atoms with Gasteiger partial charge < -0.3 is 4.55 Å². The molecule has 0 amide bonds. The van der Waals surface area contributed by atoms with Crippen LogP contribution in [0.3, 0.4) is 0 Å². The normalized spacial score (nSPS) is 12.8. The Bertz CT molecular complexity index is 551. The molecular weight excluding hydrogens is 479 g/mol. The minimum absolute atomic E-state index is 0. The molecule has 0 bridgehead atoms. The van der Waals surface area contributed by atoms with Crippen molar-refractivity contribution < 1.29 is 46.7 Å². The number of rotatable bonds is 28. The van der Waals surface area contributed by atoms with Gasteiger partial charge in [-0.25, -0.2) is 8.42 Å². The molecule has 0 saturated carbocycles. The van der Waals surface area contributed by atoms with E-state index in [4.69, 9.17) is 0 Å². The van der Waals surface area contributed by atoms with Crippen molar-refractivity contribution in [1.29, 1.82) is 0 Å². The quantitative estimate of drug-likeness (QED) is 0.0352. The van der Waals surface area contributed by atoms with Crippen molar-refractivity contribution >= 4 is 10.4 Å². The van der Waals surface area contributed by atoms with Crippen LogP contribution in [0.1, 0.15) is 168 Å². The number of unbranched alkanes of at least 4 members (excludes halogenated alkanes) is 21. The van der Waals surface area contributed by atoms with Crippen LogP contribution in [-0.4, -0.2) is 19.6 Å². The molecule has 0 aromatic carbocycles. The van der Waals surface area contributed by atoms with Gasteiger partial charge in [-0.2, -0.15) is 0 Å². The Morgan fingerprint density at radius 1 is 0.611 bits per heavy atom. The van der Waals surface area contributed by atoms with Crippen LogP contribution in [-0.2, 0) is 14.6 Å². The predicted octanol–water partition coefficient (Wildman–Crippen LogP) is 7.04. The Labute approximate surface area is 248 Å². The van der Waals surface area contributed by atoms with Crippen LogP contribution in [0.5, 0.6) is 0 Å². The Morgan fingerprint density at radius 2 is 0.972 bits per heavy atom. The van der Waals surface area contributed by atoms with E-state index in [2.05, 4.69) is 30.2 Å². The molecule has 1 unspecified atom stereocenters. The molecule has 0 aliphatic rings. The van der Waals surface area contributed by atoms with Crippen LogP contribution in [0, 0.1) is 5.92 Å². The number of allylic oxidation sites excluding steroid dienone is 1. The van der Waals surface area contributed by atoms with E-state index in [1.165, 1.54) is 135 Å². The second-order valence-electron chi connectivity index (χ2n) is 10.5. The summed E-state index contributed by atoms with van der Waals surface area (Å²) in [4.78, 5) is 0.